The first-order chi connectivity index (χ1) is 4.85. The lowest BCUT2D eigenvalue weighted by Gasteiger charge is -2.16. The van der Waals surface area contributed by atoms with Gasteiger partial charge in [0, 0.05) is 6.10 Å². The lowest BCUT2D eigenvalue weighted by Crippen LogP contribution is -2.43. The van der Waals surface area contributed by atoms with Crippen molar-refractivity contribution in [2.45, 2.75) is 32.4 Å². The van der Waals surface area contributed by atoms with Gasteiger partial charge in [0.15, 0.2) is 0 Å². The zero-order chi connectivity index (χ0) is 9.49. The summed E-state index contributed by atoms with van der Waals surface area (Å²) in [6, 6.07) is 0. The SMILES string of the molecule is CC(C)O.CC(N)(CO)CO. The molecule has 0 aromatic carbocycles. The summed E-state index contributed by atoms with van der Waals surface area (Å²) in [6.07, 6.45) is -0.167. The fourth-order valence-electron chi connectivity index (χ4n) is 0.0500. The van der Waals surface area contributed by atoms with Gasteiger partial charge in [-0.15, -0.1) is 0 Å². The standard InChI is InChI=1S/C4H11NO2.C3H8O/c1-4(5,2-6)3-7;1-3(2)4/h6-7H,2-3,5H2,1H3;3-4H,1-2H3. The summed E-state index contributed by atoms with van der Waals surface area (Å²) in [5.74, 6) is 0. The minimum absolute atomic E-state index is 0.167. The summed E-state index contributed by atoms with van der Waals surface area (Å²) in [5.41, 5.74) is 4.41. The predicted octanol–water partition coefficient (Wildman–Crippen LogP) is -0.924. The average Bonchev–Trinajstić information content (AvgIpc) is 1.87. The Bertz CT molecular complexity index is 75.0. The van der Waals surface area contributed by atoms with Crippen LogP contribution >= 0.6 is 0 Å². The zero-order valence-electron chi connectivity index (χ0n) is 7.41. The van der Waals surface area contributed by atoms with Crippen LogP contribution in [0, 0.1) is 0 Å². The summed E-state index contributed by atoms with van der Waals surface area (Å²) in [5, 5.41) is 24.7. The third-order valence-electron chi connectivity index (χ3n) is 0.722. The van der Waals surface area contributed by atoms with Crippen molar-refractivity contribution in [1.82, 2.24) is 0 Å². The molecule has 0 aromatic rings. The van der Waals surface area contributed by atoms with E-state index >= 15 is 0 Å². The molecular weight excluding hydrogens is 146 g/mol. The third kappa shape index (κ3) is 17.7. The fourth-order valence-corrected chi connectivity index (χ4v) is 0.0500. The van der Waals surface area contributed by atoms with Crippen LogP contribution < -0.4 is 5.73 Å². The fraction of sp³-hybridized carbons (Fsp3) is 1.00. The van der Waals surface area contributed by atoms with Crippen molar-refractivity contribution in [2.24, 2.45) is 5.73 Å². The number of aliphatic hydroxyl groups excluding tert-OH is 3. The Hall–Kier alpha value is -0.160. The van der Waals surface area contributed by atoms with Crippen LogP contribution in [0.15, 0.2) is 0 Å². The van der Waals surface area contributed by atoms with E-state index in [-0.39, 0.29) is 19.3 Å². The molecule has 11 heavy (non-hydrogen) atoms. The molecule has 0 aromatic heterocycles. The average molecular weight is 165 g/mol. The van der Waals surface area contributed by atoms with E-state index in [9.17, 15) is 0 Å². The molecule has 0 saturated carbocycles. The Morgan fingerprint density at radius 3 is 1.45 bits per heavy atom. The molecule has 0 unspecified atom stereocenters. The van der Waals surface area contributed by atoms with Crippen molar-refractivity contribution >= 4 is 0 Å². The van der Waals surface area contributed by atoms with Gasteiger partial charge in [0.1, 0.15) is 0 Å². The maximum atomic E-state index is 8.31. The number of nitrogens with two attached hydrogens (primary N) is 1. The van der Waals surface area contributed by atoms with Crippen LogP contribution in [-0.2, 0) is 0 Å². The van der Waals surface area contributed by atoms with E-state index in [1.165, 1.54) is 0 Å². The quantitative estimate of drug-likeness (QED) is 0.426. The maximum Gasteiger partial charge on any atom is 0.0631 e. The van der Waals surface area contributed by atoms with Gasteiger partial charge < -0.3 is 21.1 Å². The van der Waals surface area contributed by atoms with Crippen LogP contribution in [0.1, 0.15) is 20.8 Å². The Balaban J connectivity index is 0. The number of hydrogen-bond donors (Lipinski definition) is 4. The Kier molecular flexibility index (Phi) is 7.99. The van der Waals surface area contributed by atoms with Gasteiger partial charge in [-0.3, -0.25) is 0 Å². The minimum atomic E-state index is -0.806. The van der Waals surface area contributed by atoms with Gasteiger partial charge in [0.05, 0.1) is 18.8 Å². The number of aliphatic hydroxyl groups is 3. The van der Waals surface area contributed by atoms with Gasteiger partial charge >= 0.3 is 0 Å². The lowest BCUT2D eigenvalue weighted by molar-refractivity contribution is 0.134. The summed E-state index contributed by atoms with van der Waals surface area (Å²) in [7, 11) is 0. The molecule has 0 aliphatic carbocycles. The molecule has 0 spiro atoms. The van der Waals surface area contributed by atoms with E-state index in [4.69, 9.17) is 21.1 Å². The van der Waals surface area contributed by atoms with Gasteiger partial charge in [0.2, 0.25) is 0 Å². The Morgan fingerprint density at radius 2 is 1.45 bits per heavy atom. The van der Waals surface area contributed by atoms with Gasteiger partial charge in [-0.1, -0.05) is 0 Å². The molecular formula is C7H19NO3. The van der Waals surface area contributed by atoms with E-state index in [1.54, 1.807) is 20.8 Å². The van der Waals surface area contributed by atoms with Crippen molar-refractivity contribution in [2.75, 3.05) is 13.2 Å². The second kappa shape index (κ2) is 6.54. The van der Waals surface area contributed by atoms with Crippen LogP contribution in [0.3, 0.4) is 0 Å². The van der Waals surface area contributed by atoms with Crippen molar-refractivity contribution in [3.8, 4) is 0 Å². The largest absolute Gasteiger partial charge is 0.394 e. The monoisotopic (exact) mass is 165 g/mol. The molecule has 0 aliphatic heterocycles. The topological polar surface area (TPSA) is 86.7 Å². The summed E-state index contributed by atoms with van der Waals surface area (Å²) < 4.78 is 0. The smallest absolute Gasteiger partial charge is 0.0631 e. The molecule has 0 heterocycles. The molecule has 0 atom stereocenters. The normalized spacial score (nSPS) is 10.9. The molecule has 0 radical (unpaired) electrons. The van der Waals surface area contributed by atoms with E-state index in [0.717, 1.165) is 0 Å². The third-order valence-corrected chi connectivity index (χ3v) is 0.722. The lowest BCUT2D eigenvalue weighted by atomic mass is 10.1. The second-order valence-electron chi connectivity index (χ2n) is 3.06. The summed E-state index contributed by atoms with van der Waals surface area (Å²) >= 11 is 0. The van der Waals surface area contributed by atoms with Crippen molar-refractivity contribution in [3.05, 3.63) is 0 Å². The Labute approximate surface area is 67.7 Å². The van der Waals surface area contributed by atoms with Gasteiger partial charge in [0.25, 0.3) is 0 Å². The molecule has 0 saturated heterocycles. The summed E-state index contributed by atoms with van der Waals surface area (Å²) in [4.78, 5) is 0. The highest BCUT2D eigenvalue weighted by Crippen LogP contribution is 1.91. The molecule has 5 N–H and O–H groups in total. The van der Waals surface area contributed by atoms with Crippen molar-refractivity contribution in [3.63, 3.8) is 0 Å². The molecule has 0 aliphatic rings. The van der Waals surface area contributed by atoms with E-state index in [0.29, 0.717) is 0 Å². The molecule has 0 rings (SSSR count). The molecule has 4 nitrogen and oxygen atoms in total. The van der Waals surface area contributed by atoms with Crippen LogP contribution in [-0.4, -0.2) is 40.2 Å². The number of hydrogen-bond acceptors (Lipinski definition) is 4. The van der Waals surface area contributed by atoms with E-state index in [1.807, 2.05) is 0 Å². The van der Waals surface area contributed by atoms with E-state index in [2.05, 4.69) is 0 Å². The van der Waals surface area contributed by atoms with Gasteiger partial charge in [-0.05, 0) is 20.8 Å². The highest BCUT2D eigenvalue weighted by molar-refractivity contribution is 4.74. The number of rotatable bonds is 2. The van der Waals surface area contributed by atoms with Crippen LogP contribution in [0.5, 0.6) is 0 Å². The molecule has 0 fully saturated rings. The van der Waals surface area contributed by atoms with Crippen molar-refractivity contribution in [1.29, 1.82) is 0 Å². The van der Waals surface area contributed by atoms with Gasteiger partial charge in [-0.2, -0.15) is 0 Å². The minimum Gasteiger partial charge on any atom is -0.394 e. The zero-order valence-corrected chi connectivity index (χ0v) is 7.41. The van der Waals surface area contributed by atoms with Crippen LogP contribution in [0.25, 0.3) is 0 Å². The first kappa shape index (κ1) is 13.4. The molecule has 0 bridgehead atoms. The Morgan fingerprint density at radius 1 is 1.27 bits per heavy atom. The van der Waals surface area contributed by atoms with Crippen LogP contribution in [0.2, 0.25) is 0 Å². The van der Waals surface area contributed by atoms with Crippen LogP contribution in [0.4, 0.5) is 0 Å². The van der Waals surface area contributed by atoms with E-state index < -0.39 is 5.54 Å². The summed E-state index contributed by atoms with van der Waals surface area (Å²) in [6.45, 7) is 4.67. The maximum absolute atomic E-state index is 8.31. The predicted molar refractivity (Wildman–Crippen MR) is 44.1 cm³/mol. The highest BCUT2D eigenvalue weighted by Gasteiger charge is 2.13. The molecule has 0 amide bonds. The first-order valence-electron chi connectivity index (χ1n) is 3.54. The molecule has 4 heteroatoms. The first-order valence-corrected chi connectivity index (χ1v) is 3.54. The van der Waals surface area contributed by atoms with Crippen molar-refractivity contribution < 1.29 is 15.3 Å². The highest BCUT2D eigenvalue weighted by atomic mass is 16.3. The van der Waals surface area contributed by atoms with Gasteiger partial charge in [-0.25, -0.2) is 0 Å². The second-order valence-corrected chi connectivity index (χ2v) is 3.06. The molecule has 70 valence electrons.